The largest absolute Gasteiger partial charge is 0.462 e. The minimum Gasteiger partial charge on any atom is -0.462 e. The Balaban J connectivity index is 1.38. The van der Waals surface area contributed by atoms with E-state index >= 15 is 0 Å². The number of fused-ring (bicyclic) bond motifs is 2. The summed E-state index contributed by atoms with van der Waals surface area (Å²) in [5, 5.41) is 10.5. The molecule has 0 saturated carbocycles. The molecule has 0 radical (unpaired) electrons. The fourth-order valence-corrected chi connectivity index (χ4v) is 5.22. The first-order chi connectivity index (χ1) is 15.6. The number of H-pyrrole nitrogens is 1. The molecule has 2 aromatic heterocycles. The van der Waals surface area contributed by atoms with Crippen molar-refractivity contribution in [3.05, 3.63) is 46.0 Å². The van der Waals surface area contributed by atoms with E-state index in [1.54, 1.807) is 6.07 Å². The molecule has 0 fully saturated rings. The van der Waals surface area contributed by atoms with E-state index in [4.69, 9.17) is 14.2 Å². The maximum Gasteiger partial charge on any atom is 0.341 e. The van der Waals surface area contributed by atoms with Gasteiger partial charge in [0.2, 0.25) is 6.79 Å². The van der Waals surface area contributed by atoms with E-state index in [0.717, 1.165) is 48.1 Å². The first-order valence-electron chi connectivity index (χ1n) is 10.7. The number of amides is 1. The second-order valence-corrected chi connectivity index (χ2v) is 8.85. The van der Waals surface area contributed by atoms with Crippen molar-refractivity contribution in [2.45, 2.75) is 39.0 Å². The lowest BCUT2D eigenvalue weighted by Gasteiger charge is -2.12. The molecule has 5 rings (SSSR count). The number of nitrogens with one attached hydrogen (secondary N) is 2. The SMILES string of the molecule is CCCOC(=O)c1c(NC(=O)c2cc(-c3ccc4c(c3)OCO4)n[nH]2)sc2c1CCCC2. The van der Waals surface area contributed by atoms with Crippen LogP contribution < -0.4 is 14.8 Å². The minimum absolute atomic E-state index is 0.195. The third-order valence-corrected chi connectivity index (χ3v) is 6.74. The Kier molecular flexibility index (Phi) is 5.57. The number of aromatic nitrogens is 2. The van der Waals surface area contributed by atoms with Gasteiger partial charge in [-0.3, -0.25) is 9.89 Å². The highest BCUT2D eigenvalue weighted by molar-refractivity contribution is 7.17. The van der Waals surface area contributed by atoms with Crippen molar-refractivity contribution in [2.75, 3.05) is 18.7 Å². The number of aromatic amines is 1. The number of carbonyl (C=O) groups is 2. The van der Waals surface area contributed by atoms with Gasteiger partial charge in [-0.25, -0.2) is 4.79 Å². The predicted molar refractivity (Wildman–Crippen MR) is 120 cm³/mol. The second kappa shape index (κ2) is 8.66. The lowest BCUT2D eigenvalue weighted by molar-refractivity contribution is 0.0505. The van der Waals surface area contributed by atoms with E-state index in [2.05, 4.69) is 15.5 Å². The van der Waals surface area contributed by atoms with Gasteiger partial charge in [-0.05, 0) is 61.9 Å². The zero-order valence-electron chi connectivity index (χ0n) is 17.7. The van der Waals surface area contributed by atoms with Gasteiger partial charge in [-0.2, -0.15) is 5.10 Å². The van der Waals surface area contributed by atoms with Crippen molar-refractivity contribution in [1.82, 2.24) is 10.2 Å². The molecule has 1 amide bonds. The molecular formula is C23H23N3O5S. The van der Waals surface area contributed by atoms with Gasteiger partial charge in [0.25, 0.3) is 5.91 Å². The highest BCUT2D eigenvalue weighted by atomic mass is 32.1. The van der Waals surface area contributed by atoms with Gasteiger partial charge in [-0.15, -0.1) is 11.3 Å². The van der Waals surface area contributed by atoms with Crippen LogP contribution in [0.1, 0.15) is 57.5 Å². The third-order valence-electron chi connectivity index (χ3n) is 5.53. The van der Waals surface area contributed by atoms with Crippen LogP contribution in [-0.2, 0) is 17.6 Å². The van der Waals surface area contributed by atoms with E-state index in [-0.39, 0.29) is 18.7 Å². The fourth-order valence-electron chi connectivity index (χ4n) is 3.95. The maximum atomic E-state index is 13.0. The first kappa shape index (κ1) is 20.6. The van der Waals surface area contributed by atoms with Gasteiger partial charge in [0.05, 0.1) is 17.9 Å². The number of anilines is 1. The molecule has 166 valence electrons. The van der Waals surface area contributed by atoms with Gasteiger partial charge < -0.3 is 19.5 Å². The van der Waals surface area contributed by atoms with Crippen LogP contribution in [-0.4, -0.2) is 35.5 Å². The predicted octanol–water partition coefficient (Wildman–Crippen LogP) is 4.56. The summed E-state index contributed by atoms with van der Waals surface area (Å²) in [7, 11) is 0. The molecular weight excluding hydrogens is 430 g/mol. The van der Waals surface area contributed by atoms with Crippen LogP contribution in [0.4, 0.5) is 5.00 Å². The summed E-state index contributed by atoms with van der Waals surface area (Å²) in [6.07, 6.45) is 4.61. The van der Waals surface area contributed by atoms with Gasteiger partial charge in [0, 0.05) is 10.4 Å². The minimum atomic E-state index is -0.368. The summed E-state index contributed by atoms with van der Waals surface area (Å²) >= 11 is 1.47. The van der Waals surface area contributed by atoms with Crippen LogP contribution in [0, 0.1) is 0 Å². The van der Waals surface area contributed by atoms with Crippen LogP contribution in [0.5, 0.6) is 11.5 Å². The smallest absolute Gasteiger partial charge is 0.341 e. The maximum absolute atomic E-state index is 13.0. The van der Waals surface area contributed by atoms with Crippen LogP contribution in [0.3, 0.4) is 0 Å². The normalized spacial score (nSPS) is 14.2. The first-order valence-corrected chi connectivity index (χ1v) is 11.5. The standard InChI is InChI=1S/C23H23N3O5S/c1-2-9-29-23(28)20-14-5-3-4-6-19(14)32-22(20)24-21(27)16-11-15(25-26-16)13-7-8-17-18(10-13)31-12-30-17/h7-8,10-11H,2-6,9,12H2,1H3,(H,24,27)(H,25,26). The number of benzene rings is 1. The highest BCUT2D eigenvalue weighted by Gasteiger charge is 2.28. The molecule has 3 heterocycles. The van der Waals surface area contributed by atoms with Gasteiger partial charge in [0.1, 0.15) is 10.7 Å². The van der Waals surface area contributed by atoms with Crippen molar-refractivity contribution in [2.24, 2.45) is 0 Å². The number of hydrogen-bond acceptors (Lipinski definition) is 7. The molecule has 0 saturated heterocycles. The molecule has 0 bridgehead atoms. The van der Waals surface area contributed by atoms with Crippen molar-refractivity contribution in [3.8, 4) is 22.8 Å². The van der Waals surface area contributed by atoms with E-state index in [9.17, 15) is 9.59 Å². The molecule has 0 unspecified atom stereocenters. The van der Waals surface area contributed by atoms with Crippen LogP contribution in [0.15, 0.2) is 24.3 Å². The molecule has 9 heteroatoms. The van der Waals surface area contributed by atoms with E-state index < -0.39 is 0 Å². The van der Waals surface area contributed by atoms with Crippen LogP contribution in [0.2, 0.25) is 0 Å². The molecule has 8 nitrogen and oxygen atoms in total. The number of carbonyl (C=O) groups excluding carboxylic acids is 2. The number of esters is 1. The number of thiophene rings is 1. The molecule has 0 atom stereocenters. The average molecular weight is 454 g/mol. The molecule has 0 spiro atoms. The molecule has 2 N–H and O–H groups in total. The highest BCUT2D eigenvalue weighted by Crippen LogP contribution is 2.39. The van der Waals surface area contributed by atoms with Gasteiger partial charge in [-0.1, -0.05) is 6.92 Å². The van der Waals surface area contributed by atoms with Crippen molar-refractivity contribution in [3.63, 3.8) is 0 Å². The second-order valence-electron chi connectivity index (χ2n) is 7.74. The third kappa shape index (κ3) is 3.84. The molecule has 1 aromatic carbocycles. The van der Waals surface area contributed by atoms with Crippen molar-refractivity contribution in [1.29, 1.82) is 0 Å². The lowest BCUT2D eigenvalue weighted by atomic mass is 9.95. The fraction of sp³-hybridized carbons (Fsp3) is 0.348. The number of ether oxygens (including phenoxy) is 3. The van der Waals surface area contributed by atoms with E-state index in [1.165, 1.54) is 11.3 Å². The number of nitrogens with zero attached hydrogens (tertiary/aromatic N) is 1. The average Bonchev–Trinajstić information content (AvgIpc) is 3.54. The quantitative estimate of drug-likeness (QED) is 0.530. The van der Waals surface area contributed by atoms with Gasteiger partial charge in [0.15, 0.2) is 11.5 Å². The lowest BCUT2D eigenvalue weighted by Crippen LogP contribution is -2.16. The summed E-state index contributed by atoms with van der Waals surface area (Å²) in [6, 6.07) is 7.18. The molecule has 2 aliphatic rings. The molecule has 32 heavy (non-hydrogen) atoms. The Hall–Kier alpha value is -3.33. The molecule has 1 aliphatic heterocycles. The zero-order valence-corrected chi connectivity index (χ0v) is 18.5. The summed E-state index contributed by atoms with van der Waals surface area (Å²) in [4.78, 5) is 26.9. The zero-order chi connectivity index (χ0) is 22.1. The van der Waals surface area contributed by atoms with Crippen LogP contribution in [0.25, 0.3) is 11.3 Å². The Morgan fingerprint density at radius 3 is 2.91 bits per heavy atom. The van der Waals surface area contributed by atoms with Crippen LogP contribution >= 0.6 is 11.3 Å². The summed E-state index contributed by atoms with van der Waals surface area (Å²) < 4.78 is 16.2. The summed E-state index contributed by atoms with van der Waals surface area (Å²) in [5.41, 5.74) is 3.24. The number of aryl methyl sites for hydroxylation is 1. The number of hydrogen-bond donors (Lipinski definition) is 2. The Morgan fingerprint density at radius 1 is 1.19 bits per heavy atom. The van der Waals surface area contributed by atoms with Gasteiger partial charge >= 0.3 is 5.97 Å². The van der Waals surface area contributed by atoms with Crippen molar-refractivity contribution < 1.29 is 23.8 Å². The Bertz CT molecular complexity index is 1180. The Labute approximate surface area is 188 Å². The summed E-state index contributed by atoms with van der Waals surface area (Å²) in [5.74, 6) is 0.613. The Morgan fingerprint density at radius 2 is 2.03 bits per heavy atom. The number of rotatable bonds is 6. The van der Waals surface area contributed by atoms with E-state index in [1.807, 2.05) is 25.1 Å². The van der Waals surface area contributed by atoms with Crippen molar-refractivity contribution >= 4 is 28.2 Å². The topological polar surface area (TPSA) is 103 Å². The molecule has 3 aromatic rings. The molecule has 1 aliphatic carbocycles. The summed E-state index contributed by atoms with van der Waals surface area (Å²) in [6.45, 7) is 2.51. The van der Waals surface area contributed by atoms with E-state index in [0.29, 0.717) is 40.1 Å². The monoisotopic (exact) mass is 453 g/mol.